The van der Waals surface area contributed by atoms with Crippen molar-refractivity contribution >= 4 is 40.2 Å². The molecule has 5 nitrogen and oxygen atoms in total. The highest BCUT2D eigenvalue weighted by Gasteiger charge is 2.05. The molecule has 2 aromatic rings. The van der Waals surface area contributed by atoms with Gasteiger partial charge in [0.2, 0.25) is 0 Å². The van der Waals surface area contributed by atoms with E-state index < -0.39 is 0 Å². The summed E-state index contributed by atoms with van der Waals surface area (Å²) in [5, 5.41) is 2.76. The number of carbonyl (C=O) groups is 2. The number of esters is 1. The number of nitrogens with one attached hydrogen (secondary N) is 1. The van der Waals surface area contributed by atoms with E-state index in [2.05, 4.69) is 32.6 Å². The van der Waals surface area contributed by atoms with E-state index in [-0.39, 0.29) is 24.9 Å². The van der Waals surface area contributed by atoms with Crippen LogP contribution in [0.5, 0.6) is 5.75 Å². The van der Waals surface area contributed by atoms with Crippen molar-refractivity contribution in [3.63, 3.8) is 0 Å². The molecule has 0 heterocycles. The number of amides is 1. The van der Waals surface area contributed by atoms with Gasteiger partial charge < -0.3 is 14.8 Å². The summed E-state index contributed by atoms with van der Waals surface area (Å²) < 4.78 is 11.1. The van der Waals surface area contributed by atoms with Gasteiger partial charge in [-0.05, 0) is 64.6 Å². The first-order chi connectivity index (χ1) is 11.1. The Labute approximate surface area is 148 Å². The summed E-state index contributed by atoms with van der Waals surface area (Å²) in [4.78, 5) is 23.0. The van der Waals surface area contributed by atoms with Gasteiger partial charge in [0.05, 0.1) is 13.5 Å². The number of rotatable bonds is 6. The molecule has 2 aromatic carbocycles. The predicted octanol–water partition coefficient (Wildman–Crippen LogP) is 3.02. The molecule has 1 amide bonds. The molecule has 2 rings (SSSR count). The summed E-state index contributed by atoms with van der Waals surface area (Å²) in [5.74, 6) is 0.0387. The summed E-state index contributed by atoms with van der Waals surface area (Å²) in [5.41, 5.74) is 1.56. The highest BCUT2D eigenvalue weighted by atomic mass is 127. The first-order valence-electron chi connectivity index (χ1n) is 6.91. The number of methoxy groups -OCH3 is 1. The normalized spacial score (nSPS) is 10.0. The summed E-state index contributed by atoms with van der Waals surface area (Å²) in [6, 6.07) is 14.5. The Morgan fingerprint density at radius 1 is 1.04 bits per heavy atom. The number of anilines is 1. The van der Waals surface area contributed by atoms with E-state index in [0.29, 0.717) is 5.75 Å². The number of hydrogen-bond donors (Lipinski definition) is 1. The van der Waals surface area contributed by atoms with E-state index in [1.54, 1.807) is 24.3 Å². The highest BCUT2D eigenvalue weighted by Crippen LogP contribution is 2.14. The molecule has 0 aliphatic carbocycles. The lowest BCUT2D eigenvalue weighted by molar-refractivity contribution is -0.139. The Morgan fingerprint density at radius 2 is 1.70 bits per heavy atom. The maximum absolute atomic E-state index is 11.8. The van der Waals surface area contributed by atoms with Crippen LogP contribution in [0.15, 0.2) is 48.5 Å². The molecule has 0 unspecified atom stereocenters. The van der Waals surface area contributed by atoms with Gasteiger partial charge >= 0.3 is 5.97 Å². The molecule has 0 aliphatic heterocycles. The van der Waals surface area contributed by atoms with Crippen LogP contribution in [0.4, 0.5) is 5.69 Å². The lowest BCUT2D eigenvalue weighted by atomic mass is 10.1. The largest absolute Gasteiger partial charge is 0.484 e. The van der Waals surface area contributed by atoms with Crippen molar-refractivity contribution in [2.75, 3.05) is 19.0 Å². The third kappa shape index (κ3) is 5.90. The number of carbonyl (C=O) groups excluding carboxylic acids is 2. The van der Waals surface area contributed by atoms with Gasteiger partial charge in [0.25, 0.3) is 5.91 Å². The van der Waals surface area contributed by atoms with Gasteiger partial charge in [-0.25, -0.2) is 0 Å². The summed E-state index contributed by atoms with van der Waals surface area (Å²) >= 11 is 2.20. The highest BCUT2D eigenvalue weighted by molar-refractivity contribution is 14.1. The van der Waals surface area contributed by atoms with Gasteiger partial charge in [0.15, 0.2) is 6.61 Å². The Hall–Kier alpha value is -2.09. The second kappa shape index (κ2) is 8.52. The molecule has 0 bridgehead atoms. The van der Waals surface area contributed by atoms with Crippen LogP contribution in [0.1, 0.15) is 5.56 Å². The molecule has 1 N–H and O–H groups in total. The average molecular weight is 425 g/mol. The van der Waals surface area contributed by atoms with E-state index in [9.17, 15) is 9.59 Å². The fourth-order valence-corrected chi connectivity index (χ4v) is 2.18. The molecule has 0 saturated carbocycles. The first kappa shape index (κ1) is 17.3. The predicted molar refractivity (Wildman–Crippen MR) is 95.4 cm³/mol. The topological polar surface area (TPSA) is 64.6 Å². The van der Waals surface area contributed by atoms with Crippen LogP contribution < -0.4 is 10.1 Å². The van der Waals surface area contributed by atoms with Crippen LogP contribution in [0, 0.1) is 3.57 Å². The zero-order valence-corrected chi connectivity index (χ0v) is 14.7. The smallest absolute Gasteiger partial charge is 0.309 e. The first-order valence-corrected chi connectivity index (χ1v) is 7.98. The lowest BCUT2D eigenvalue weighted by Gasteiger charge is -2.08. The van der Waals surface area contributed by atoms with Crippen molar-refractivity contribution < 1.29 is 19.1 Å². The van der Waals surface area contributed by atoms with Gasteiger partial charge in [-0.3, -0.25) is 9.59 Å². The van der Waals surface area contributed by atoms with Crippen LogP contribution >= 0.6 is 22.6 Å². The fraction of sp³-hybridized carbons (Fsp3) is 0.176. The van der Waals surface area contributed by atoms with Crippen molar-refractivity contribution in [2.45, 2.75) is 6.42 Å². The van der Waals surface area contributed by atoms with Crippen molar-refractivity contribution in [3.8, 4) is 5.75 Å². The van der Waals surface area contributed by atoms with Crippen LogP contribution in [0.3, 0.4) is 0 Å². The van der Waals surface area contributed by atoms with Crippen LogP contribution in [-0.4, -0.2) is 25.6 Å². The van der Waals surface area contributed by atoms with E-state index in [0.717, 1.165) is 14.8 Å². The molecule has 0 fully saturated rings. The summed E-state index contributed by atoms with van der Waals surface area (Å²) in [6.07, 6.45) is 0.212. The molecule has 0 aromatic heterocycles. The van der Waals surface area contributed by atoms with Crippen molar-refractivity contribution in [2.24, 2.45) is 0 Å². The molecule has 0 saturated heterocycles. The van der Waals surface area contributed by atoms with Crippen molar-refractivity contribution in [1.82, 2.24) is 0 Å². The summed E-state index contributed by atoms with van der Waals surface area (Å²) in [6.45, 7) is -0.0810. The molecular formula is C17H16INO4. The van der Waals surface area contributed by atoms with E-state index in [1.807, 2.05) is 24.3 Å². The van der Waals surface area contributed by atoms with Crippen molar-refractivity contribution in [1.29, 1.82) is 0 Å². The Bertz CT molecular complexity index is 668. The maximum atomic E-state index is 11.8. The number of hydrogen-bond acceptors (Lipinski definition) is 4. The lowest BCUT2D eigenvalue weighted by Crippen LogP contribution is -2.20. The average Bonchev–Trinajstić information content (AvgIpc) is 2.56. The third-order valence-corrected chi connectivity index (χ3v) is 3.72. The van der Waals surface area contributed by atoms with Crippen LogP contribution in [0.25, 0.3) is 0 Å². The number of benzene rings is 2. The molecule has 0 radical (unpaired) electrons. The monoisotopic (exact) mass is 425 g/mol. The van der Waals surface area contributed by atoms with E-state index in [4.69, 9.17) is 4.74 Å². The Morgan fingerprint density at radius 3 is 2.30 bits per heavy atom. The standard InChI is InChI=1S/C17H16INO4/c1-22-17(21)10-12-2-8-15(9-3-12)23-11-16(20)19-14-6-4-13(18)5-7-14/h2-9H,10-11H2,1H3,(H,19,20). The molecule has 23 heavy (non-hydrogen) atoms. The fourth-order valence-electron chi connectivity index (χ4n) is 1.82. The van der Waals surface area contributed by atoms with Gasteiger partial charge in [-0.1, -0.05) is 12.1 Å². The van der Waals surface area contributed by atoms with Gasteiger partial charge in [-0.2, -0.15) is 0 Å². The maximum Gasteiger partial charge on any atom is 0.309 e. The second-order valence-corrected chi connectivity index (χ2v) is 5.99. The molecule has 6 heteroatoms. The summed E-state index contributed by atoms with van der Waals surface area (Å²) in [7, 11) is 1.35. The molecule has 120 valence electrons. The van der Waals surface area contributed by atoms with Crippen molar-refractivity contribution in [3.05, 3.63) is 57.7 Å². The van der Waals surface area contributed by atoms with Gasteiger partial charge in [0, 0.05) is 9.26 Å². The minimum Gasteiger partial charge on any atom is -0.484 e. The Balaban J connectivity index is 1.82. The minimum absolute atomic E-state index is 0.0810. The zero-order valence-electron chi connectivity index (χ0n) is 12.5. The molecule has 0 spiro atoms. The van der Waals surface area contributed by atoms with E-state index >= 15 is 0 Å². The van der Waals surface area contributed by atoms with Gasteiger partial charge in [0.1, 0.15) is 5.75 Å². The zero-order chi connectivity index (χ0) is 16.7. The van der Waals surface area contributed by atoms with Gasteiger partial charge in [-0.15, -0.1) is 0 Å². The number of ether oxygens (including phenoxy) is 2. The Kier molecular flexibility index (Phi) is 6.40. The van der Waals surface area contributed by atoms with Crippen LogP contribution in [0.2, 0.25) is 0 Å². The molecule has 0 atom stereocenters. The quantitative estimate of drug-likeness (QED) is 0.571. The molecule has 0 aliphatic rings. The minimum atomic E-state index is -0.296. The molecular weight excluding hydrogens is 409 g/mol. The van der Waals surface area contributed by atoms with Crippen LogP contribution in [-0.2, 0) is 20.7 Å². The third-order valence-electron chi connectivity index (χ3n) is 3.00. The number of halogens is 1. The second-order valence-electron chi connectivity index (χ2n) is 4.74. The SMILES string of the molecule is COC(=O)Cc1ccc(OCC(=O)Nc2ccc(I)cc2)cc1. The van der Waals surface area contributed by atoms with E-state index in [1.165, 1.54) is 7.11 Å².